The molecule has 0 aromatic heterocycles. The Bertz CT molecular complexity index is 100. The highest BCUT2D eigenvalue weighted by Crippen LogP contribution is 2.09. The van der Waals surface area contributed by atoms with Gasteiger partial charge in [0.25, 0.3) is 0 Å². The van der Waals surface area contributed by atoms with Gasteiger partial charge in [-0.1, -0.05) is 20.3 Å². The van der Waals surface area contributed by atoms with Gasteiger partial charge < -0.3 is 4.90 Å². The van der Waals surface area contributed by atoms with Gasteiger partial charge in [-0.25, -0.2) is 0 Å². The molecule has 0 aliphatic rings. The van der Waals surface area contributed by atoms with Crippen LogP contribution in [0, 0.1) is 5.92 Å². The molecule has 0 amide bonds. The lowest BCUT2D eigenvalue weighted by Crippen LogP contribution is -2.35. The summed E-state index contributed by atoms with van der Waals surface area (Å²) in [5.74, 6) is 1.77. The SMILES string of the molecule is CCC(CS)CN(CC)C(C)C. The summed E-state index contributed by atoms with van der Waals surface area (Å²) in [7, 11) is 0. The summed E-state index contributed by atoms with van der Waals surface area (Å²) in [6.45, 7) is 11.3. The zero-order valence-corrected chi connectivity index (χ0v) is 9.77. The van der Waals surface area contributed by atoms with Crippen molar-refractivity contribution >= 4 is 12.6 Å². The normalized spacial score (nSPS) is 14.2. The predicted molar refractivity (Wildman–Crippen MR) is 60.0 cm³/mol. The van der Waals surface area contributed by atoms with Gasteiger partial charge in [-0.3, -0.25) is 0 Å². The third-order valence-electron chi connectivity index (χ3n) is 2.46. The number of hydrogen-bond acceptors (Lipinski definition) is 2. The van der Waals surface area contributed by atoms with E-state index in [1.54, 1.807) is 0 Å². The lowest BCUT2D eigenvalue weighted by atomic mass is 10.1. The lowest BCUT2D eigenvalue weighted by molar-refractivity contribution is 0.202. The molecule has 12 heavy (non-hydrogen) atoms. The molecule has 0 aromatic carbocycles. The molecule has 0 radical (unpaired) electrons. The van der Waals surface area contributed by atoms with Crippen molar-refractivity contribution in [2.24, 2.45) is 5.92 Å². The molecule has 0 rings (SSSR count). The third kappa shape index (κ3) is 4.36. The highest BCUT2D eigenvalue weighted by Gasteiger charge is 2.12. The zero-order valence-electron chi connectivity index (χ0n) is 8.88. The molecule has 0 fully saturated rings. The summed E-state index contributed by atoms with van der Waals surface area (Å²) in [6, 6.07) is 0.670. The van der Waals surface area contributed by atoms with Gasteiger partial charge in [0.2, 0.25) is 0 Å². The summed E-state index contributed by atoms with van der Waals surface area (Å²) >= 11 is 4.35. The molecule has 1 unspecified atom stereocenters. The fourth-order valence-electron chi connectivity index (χ4n) is 1.35. The quantitative estimate of drug-likeness (QED) is 0.629. The van der Waals surface area contributed by atoms with Gasteiger partial charge in [-0.05, 0) is 32.1 Å². The molecule has 0 saturated heterocycles. The zero-order chi connectivity index (χ0) is 9.56. The van der Waals surface area contributed by atoms with Crippen molar-refractivity contribution in [3.63, 3.8) is 0 Å². The third-order valence-corrected chi connectivity index (χ3v) is 2.98. The van der Waals surface area contributed by atoms with Crippen molar-refractivity contribution < 1.29 is 0 Å². The van der Waals surface area contributed by atoms with Crippen molar-refractivity contribution in [1.29, 1.82) is 0 Å². The first-order valence-electron chi connectivity index (χ1n) is 5.00. The van der Waals surface area contributed by atoms with Crippen LogP contribution in [0.15, 0.2) is 0 Å². The van der Waals surface area contributed by atoms with E-state index in [0.717, 1.165) is 18.2 Å². The number of rotatable bonds is 6. The van der Waals surface area contributed by atoms with Crippen LogP contribution >= 0.6 is 12.6 Å². The van der Waals surface area contributed by atoms with E-state index in [4.69, 9.17) is 0 Å². The smallest absolute Gasteiger partial charge is 0.00385 e. The minimum Gasteiger partial charge on any atom is -0.301 e. The number of hydrogen-bond donors (Lipinski definition) is 1. The fourth-order valence-corrected chi connectivity index (χ4v) is 1.73. The van der Waals surface area contributed by atoms with Gasteiger partial charge in [0.1, 0.15) is 0 Å². The number of nitrogens with zero attached hydrogens (tertiary/aromatic N) is 1. The van der Waals surface area contributed by atoms with Crippen molar-refractivity contribution in [3.8, 4) is 0 Å². The standard InChI is InChI=1S/C10H23NS/c1-5-10(8-12)7-11(6-2)9(3)4/h9-10,12H,5-8H2,1-4H3. The van der Waals surface area contributed by atoms with Gasteiger partial charge in [-0.2, -0.15) is 12.6 Å². The summed E-state index contributed by atoms with van der Waals surface area (Å²) < 4.78 is 0. The maximum atomic E-state index is 4.35. The topological polar surface area (TPSA) is 3.24 Å². The second-order valence-electron chi connectivity index (χ2n) is 3.64. The van der Waals surface area contributed by atoms with Crippen molar-refractivity contribution in [2.45, 2.75) is 40.2 Å². The fraction of sp³-hybridized carbons (Fsp3) is 1.00. The van der Waals surface area contributed by atoms with Gasteiger partial charge in [-0.15, -0.1) is 0 Å². The Kier molecular flexibility index (Phi) is 6.96. The maximum absolute atomic E-state index is 4.35. The van der Waals surface area contributed by atoms with E-state index in [-0.39, 0.29) is 0 Å². The van der Waals surface area contributed by atoms with Crippen LogP contribution in [0.5, 0.6) is 0 Å². The lowest BCUT2D eigenvalue weighted by Gasteiger charge is -2.28. The molecule has 0 heterocycles. The average Bonchev–Trinajstić information content (AvgIpc) is 2.06. The molecule has 0 aromatic rings. The first-order chi connectivity index (χ1) is 5.65. The van der Waals surface area contributed by atoms with Crippen LogP contribution in [-0.4, -0.2) is 29.8 Å². The molecule has 0 bridgehead atoms. The Labute approximate surface area is 82.9 Å². The molecule has 0 saturated carbocycles. The van der Waals surface area contributed by atoms with Gasteiger partial charge in [0.05, 0.1) is 0 Å². The van der Waals surface area contributed by atoms with Crippen LogP contribution in [0.3, 0.4) is 0 Å². The Hall–Kier alpha value is 0.310. The van der Waals surface area contributed by atoms with Crippen LogP contribution in [0.2, 0.25) is 0 Å². The minimum atomic E-state index is 0.670. The Balaban J connectivity index is 3.82. The summed E-state index contributed by atoms with van der Waals surface area (Å²) in [4.78, 5) is 2.50. The van der Waals surface area contributed by atoms with Gasteiger partial charge in [0.15, 0.2) is 0 Å². The summed E-state index contributed by atoms with van der Waals surface area (Å²) in [6.07, 6.45) is 1.24. The van der Waals surface area contributed by atoms with E-state index in [0.29, 0.717) is 6.04 Å². The largest absolute Gasteiger partial charge is 0.301 e. The molecule has 2 heteroatoms. The second-order valence-corrected chi connectivity index (χ2v) is 4.00. The molecular formula is C10H23NS. The average molecular weight is 189 g/mol. The minimum absolute atomic E-state index is 0.670. The van der Waals surface area contributed by atoms with E-state index in [1.165, 1.54) is 13.0 Å². The van der Waals surface area contributed by atoms with Crippen molar-refractivity contribution in [3.05, 3.63) is 0 Å². The molecule has 0 N–H and O–H groups in total. The predicted octanol–water partition coefficient (Wildman–Crippen LogP) is 2.67. The second kappa shape index (κ2) is 6.79. The van der Waals surface area contributed by atoms with Crippen LogP contribution in [0.4, 0.5) is 0 Å². The molecular weight excluding hydrogens is 166 g/mol. The first kappa shape index (κ1) is 12.3. The monoisotopic (exact) mass is 189 g/mol. The highest BCUT2D eigenvalue weighted by molar-refractivity contribution is 7.80. The molecule has 0 aliphatic heterocycles. The molecule has 74 valence electrons. The van der Waals surface area contributed by atoms with E-state index >= 15 is 0 Å². The Morgan fingerprint density at radius 3 is 2.08 bits per heavy atom. The maximum Gasteiger partial charge on any atom is 0.00385 e. The van der Waals surface area contributed by atoms with Gasteiger partial charge in [0, 0.05) is 12.6 Å². The van der Waals surface area contributed by atoms with E-state index in [9.17, 15) is 0 Å². The van der Waals surface area contributed by atoms with Crippen molar-refractivity contribution in [2.75, 3.05) is 18.8 Å². The van der Waals surface area contributed by atoms with Crippen LogP contribution in [-0.2, 0) is 0 Å². The summed E-state index contributed by atoms with van der Waals surface area (Å²) in [5.41, 5.74) is 0. The molecule has 1 nitrogen and oxygen atoms in total. The van der Waals surface area contributed by atoms with Crippen LogP contribution in [0.25, 0.3) is 0 Å². The molecule has 0 aliphatic carbocycles. The molecule has 0 spiro atoms. The Morgan fingerprint density at radius 2 is 1.83 bits per heavy atom. The van der Waals surface area contributed by atoms with E-state index in [2.05, 4.69) is 45.2 Å². The van der Waals surface area contributed by atoms with Crippen molar-refractivity contribution in [1.82, 2.24) is 4.90 Å². The van der Waals surface area contributed by atoms with E-state index < -0.39 is 0 Å². The van der Waals surface area contributed by atoms with Gasteiger partial charge >= 0.3 is 0 Å². The number of thiol groups is 1. The summed E-state index contributed by atoms with van der Waals surface area (Å²) in [5, 5.41) is 0. The highest BCUT2D eigenvalue weighted by atomic mass is 32.1. The molecule has 1 atom stereocenters. The Morgan fingerprint density at radius 1 is 1.25 bits per heavy atom. The van der Waals surface area contributed by atoms with Crippen LogP contribution in [0.1, 0.15) is 34.1 Å². The first-order valence-corrected chi connectivity index (χ1v) is 5.63. The van der Waals surface area contributed by atoms with Crippen LogP contribution < -0.4 is 0 Å². The van der Waals surface area contributed by atoms with E-state index in [1.807, 2.05) is 0 Å².